The molecule has 0 aliphatic carbocycles. The predicted octanol–water partition coefficient (Wildman–Crippen LogP) is 6.16. The molecule has 0 saturated carbocycles. The monoisotopic (exact) mass is 460 g/mol. The molecule has 4 rings (SSSR count). The van der Waals surface area contributed by atoms with Crippen LogP contribution in [-0.2, 0) is 0 Å². The lowest BCUT2D eigenvalue weighted by molar-refractivity contribution is -0.173. The molecule has 11 heteroatoms. The summed E-state index contributed by atoms with van der Waals surface area (Å²) >= 11 is 13.5. The van der Waals surface area contributed by atoms with Gasteiger partial charge in [0.15, 0.2) is 11.7 Å². The topological polar surface area (TPSA) is 59.0 Å². The van der Waals surface area contributed by atoms with Crippen LogP contribution in [0.25, 0.3) is 0 Å². The standard InChI is InChI=1S/C18H13Cl2F3N4OS/c19-9-3-1-4-10(7-9)24-17(28)15-14(20)16-25-11(12-5-2-6-29-12)8-13(18(21,22)23)27(16)26-15/h1-7,11,13,25H,8H2,(H,24,28)/t11-,13-/m0/s1. The Morgan fingerprint density at radius 1 is 1.28 bits per heavy atom. The Labute approximate surface area is 177 Å². The summed E-state index contributed by atoms with van der Waals surface area (Å²) in [4.78, 5) is 13.4. The maximum absolute atomic E-state index is 13.7. The van der Waals surface area contributed by atoms with Crippen molar-refractivity contribution in [1.29, 1.82) is 0 Å². The lowest BCUT2D eigenvalue weighted by Gasteiger charge is -2.32. The number of rotatable bonds is 3. The van der Waals surface area contributed by atoms with E-state index in [0.29, 0.717) is 10.7 Å². The van der Waals surface area contributed by atoms with Crippen LogP contribution >= 0.6 is 34.5 Å². The number of fused-ring (bicyclic) bond motifs is 1. The van der Waals surface area contributed by atoms with Gasteiger partial charge >= 0.3 is 6.18 Å². The fourth-order valence-electron chi connectivity index (χ4n) is 3.17. The van der Waals surface area contributed by atoms with Gasteiger partial charge in [0.1, 0.15) is 10.8 Å². The van der Waals surface area contributed by atoms with Crippen LogP contribution in [0.5, 0.6) is 0 Å². The van der Waals surface area contributed by atoms with Crippen LogP contribution in [0.1, 0.15) is 33.9 Å². The third-order valence-corrected chi connectivity index (χ3v) is 6.06. The molecule has 0 spiro atoms. The second-order valence-corrected chi connectivity index (χ2v) is 8.22. The molecule has 5 nitrogen and oxygen atoms in total. The van der Waals surface area contributed by atoms with Crippen molar-refractivity contribution in [3.63, 3.8) is 0 Å². The molecule has 0 saturated heterocycles. The molecule has 1 aliphatic rings. The Morgan fingerprint density at radius 3 is 2.72 bits per heavy atom. The largest absolute Gasteiger partial charge is 0.410 e. The average Bonchev–Trinajstić information content (AvgIpc) is 3.29. The number of nitrogens with zero attached hydrogens (tertiary/aromatic N) is 2. The normalized spacial score (nSPS) is 18.8. The molecule has 0 bridgehead atoms. The van der Waals surface area contributed by atoms with Crippen LogP contribution in [0, 0.1) is 0 Å². The smallest absolute Gasteiger partial charge is 0.361 e. The Hall–Kier alpha value is -2.23. The van der Waals surface area contributed by atoms with E-state index in [1.54, 1.807) is 35.7 Å². The molecule has 1 amide bonds. The Bertz CT molecular complexity index is 1050. The summed E-state index contributed by atoms with van der Waals surface area (Å²) in [7, 11) is 0. The van der Waals surface area contributed by atoms with Gasteiger partial charge < -0.3 is 10.6 Å². The number of alkyl halides is 3. The SMILES string of the molecule is O=C(Nc1cccc(Cl)c1)c1nn2c(c1Cl)N[C@H](c1cccs1)C[C@H]2C(F)(F)F. The van der Waals surface area contributed by atoms with E-state index in [1.807, 2.05) is 0 Å². The molecule has 3 heterocycles. The minimum Gasteiger partial charge on any atom is -0.361 e. The quantitative estimate of drug-likeness (QED) is 0.491. The number of halogens is 5. The van der Waals surface area contributed by atoms with Crippen molar-refractivity contribution in [2.75, 3.05) is 10.6 Å². The number of carbonyl (C=O) groups excluding carboxylic acids is 1. The first-order valence-corrected chi connectivity index (χ1v) is 10.1. The van der Waals surface area contributed by atoms with Crippen molar-refractivity contribution in [2.45, 2.75) is 24.7 Å². The molecule has 0 unspecified atom stereocenters. The number of nitrogens with one attached hydrogen (secondary N) is 2. The fraction of sp³-hybridized carbons (Fsp3) is 0.222. The first-order valence-electron chi connectivity index (χ1n) is 8.45. The van der Waals surface area contributed by atoms with Gasteiger partial charge in [0.05, 0.1) is 6.04 Å². The molecule has 0 fully saturated rings. The highest BCUT2D eigenvalue weighted by Crippen LogP contribution is 2.46. The van der Waals surface area contributed by atoms with Crippen molar-refractivity contribution in [3.8, 4) is 0 Å². The van der Waals surface area contributed by atoms with Gasteiger partial charge in [-0.25, -0.2) is 4.68 Å². The van der Waals surface area contributed by atoms with E-state index in [2.05, 4.69) is 15.7 Å². The number of amides is 1. The number of hydrogen-bond acceptors (Lipinski definition) is 4. The number of carbonyl (C=O) groups is 1. The summed E-state index contributed by atoms with van der Waals surface area (Å²) in [5.41, 5.74) is 0.0801. The maximum atomic E-state index is 13.7. The van der Waals surface area contributed by atoms with Gasteiger partial charge in [0.25, 0.3) is 5.91 Å². The minimum atomic E-state index is -4.55. The Kier molecular flexibility index (Phi) is 5.22. The zero-order valence-corrected chi connectivity index (χ0v) is 16.8. The van der Waals surface area contributed by atoms with Crippen LogP contribution in [0.3, 0.4) is 0 Å². The first kappa shape index (κ1) is 20.1. The van der Waals surface area contributed by atoms with E-state index in [1.165, 1.54) is 17.4 Å². The summed E-state index contributed by atoms with van der Waals surface area (Å²) < 4.78 is 41.9. The van der Waals surface area contributed by atoms with E-state index < -0.39 is 24.2 Å². The van der Waals surface area contributed by atoms with E-state index in [9.17, 15) is 18.0 Å². The van der Waals surface area contributed by atoms with E-state index >= 15 is 0 Å². The zero-order valence-electron chi connectivity index (χ0n) is 14.5. The van der Waals surface area contributed by atoms with E-state index in [-0.39, 0.29) is 23.0 Å². The van der Waals surface area contributed by atoms with Crippen molar-refractivity contribution in [1.82, 2.24) is 9.78 Å². The average molecular weight is 461 g/mol. The third-order valence-electron chi connectivity index (χ3n) is 4.48. The number of aromatic nitrogens is 2. The summed E-state index contributed by atoms with van der Waals surface area (Å²) in [6, 6.07) is 7.38. The molecule has 3 aromatic rings. The summed E-state index contributed by atoms with van der Waals surface area (Å²) in [5, 5.41) is 11.5. The molecule has 152 valence electrons. The third kappa shape index (κ3) is 3.94. The van der Waals surface area contributed by atoms with Gasteiger partial charge in [-0.2, -0.15) is 18.3 Å². The van der Waals surface area contributed by atoms with Gasteiger partial charge in [-0.15, -0.1) is 11.3 Å². The maximum Gasteiger partial charge on any atom is 0.410 e. The lowest BCUT2D eigenvalue weighted by Crippen LogP contribution is -2.35. The van der Waals surface area contributed by atoms with E-state index in [0.717, 1.165) is 9.56 Å². The molecule has 0 radical (unpaired) electrons. The van der Waals surface area contributed by atoms with Gasteiger partial charge in [0.2, 0.25) is 0 Å². The predicted molar refractivity (Wildman–Crippen MR) is 107 cm³/mol. The summed E-state index contributed by atoms with van der Waals surface area (Å²) in [6.45, 7) is 0. The van der Waals surface area contributed by atoms with Crippen LogP contribution in [0.2, 0.25) is 10.0 Å². The highest BCUT2D eigenvalue weighted by atomic mass is 35.5. The van der Waals surface area contributed by atoms with Crippen molar-refractivity contribution in [3.05, 3.63) is 62.4 Å². The van der Waals surface area contributed by atoms with Gasteiger partial charge in [0, 0.05) is 22.0 Å². The second kappa shape index (κ2) is 7.55. The highest BCUT2D eigenvalue weighted by molar-refractivity contribution is 7.10. The summed E-state index contributed by atoms with van der Waals surface area (Å²) in [6.07, 6.45) is -4.81. The van der Waals surface area contributed by atoms with Crippen LogP contribution in [0.15, 0.2) is 41.8 Å². The number of benzene rings is 1. The van der Waals surface area contributed by atoms with Crippen molar-refractivity contribution in [2.24, 2.45) is 0 Å². The van der Waals surface area contributed by atoms with Crippen molar-refractivity contribution < 1.29 is 18.0 Å². The Morgan fingerprint density at radius 2 is 2.07 bits per heavy atom. The lowest BCUT2D eigenvalue weighted by atomic mass is 10.0. The second-order valence-electron chi connectivity index (χ2n) is 6.43. The molecular formula is C18H13Cl2F3N4OS. The Balaban J connectivity index is 1.70. The minimum absolute atomic E-state index is 0.0325. The molecule has 29 heavy (non-hydrogen) atoms. The van der Waals surface area contributed by atoms with Gasteiger partial charge in [-0.05, 0) is 29.6 Å². The zero-order chi connectivity index (χ0) is 20.8. The van der Waals surface area contributed by atoms with Crippen LogP contribution in [0.4, 0.5) is 24.7 Å². The van der Waals surface area contributed by atoms with E-state index in [4.69, 9.17) is 23.2 Å². The number of anilines is 2. The molecule has 1 aromatic carbocycles. The number of hydrogen-bond donors (Lipinski definition) is 2. The number of thiophene rings is 1. The van der Waals surface area contributed by atoms with Crippen LogP contribution in [-0.4, -0.2) is 21.9 Å². The summed E-state index contributed by atoms with van der Waals surface area (Å²) in [5.74, 6) is -0.760. The molecule has 2 atom stereocenters. The van der Waals surface area contributed by atoms with Crippen molar-refractivity contribution >= 4 is 52.0 Å². The fourth-order valence-corrected chi connectivity index (χ4v) is 4.41. The molecular weight excluding hydrogens is 448 g/mol. The molecule has 2 N–H and O–H groups in total. The van der Waals surface area contributed by atoms with Crippen LogP contribution < -0.4 is 10.6 Å². The first-order chi connectivity index (χ1) is 13.7. The van der Waals surface area contributed by atoms with Gasteiger partial charge in [-0.3, -0.25) is 4.79 Å². The van der Waals surface area contributed by atoms with Gasteiger partial charge in [-0.1, -0.05) is 35.3 Å². The highest BCUT2D eigenvalue weighted by Gasteiger charge is 2.48. The molecule has 1 aliphatic heterocycles. The molecule has 2 aromatic heterocycles.